The Morgan fingerprint density at radius 2 is 1.89 bits per heavy atom. The largest absolute Gasteiger partial charge is 0.341 e. The number of amides is 1. The summed E-state index contributed by atoms with van der Waals surface area (Å²) < 4.78 is 2.18. The number of likely N-dealkylation sites (tertiary alicyclic amines) is 2. The second kappa shape index (κ2) is 7.87. The van der Waals surface area contributed by atoms with E-state index in [1.165, 1.54) is 25.9 Å². The van der Waals surface area contributed by atoms with Gasteiger partial charge in [0.2, 0.25) is 5.91 Å². The van der Waals surface area contributed by atoms with Crippen LogP contribution in [-0.2, 0) is 18.4 Å². The first-order chi connectivity index (χ1) is 13.1. The maximum absolute atomic E-state index is 13.2. The molecule has 150 valence electrons. The van der Waals surface area contributed by atoms with E-state index in [4.69, 9.17) is 0 Å². The Morgan fingerprint density at radius 1 is 1.15 bits per heavy atom. The Kier molecular flexibility index (Phi) is 5.50. The second-order valence-electron chi connectivity index (χ2n) is 8.92. The number of carbonyl (C=O) groups is 1. The van der Waals surface area contributed by atoms with Crippen molar-refractivity contribution in [2.24, 2.45) is 12.5 Å². The van der Waals surface area contributed by atoms with Gasteiger partial charge in [-0.2, -0.15) is 0 Å². The highest BCUT2D eigenvalue weighted by Crippen LogP contribution is 2.34. The zero-order valence-electron chi connectivity index (χ0n) is 16.9. The number of aromatic nitrogens is 3. The first kappa shape index (κ1) is 18.9. The predicted molar refractivity (Wildman–Crippen MR) is 104 cm³/mol. The molecule has 27 heavy (non-hydrogen) atoms. The molecule has 1 aromatic rings. The number of nitrogens with zero attached hydrogens (tertiary/aromatic N) is 5. The van der Waals surface area contributed by atoms with Crippen LogP contribution in [-0.4, -0.2) is 69.7 Å². The minimum Gasteiger partial charge on any atom is -0.341 e. The molecule has 0 radical (unpaired) electrons. The molecule has 7 heteroatoms. The van der Waals surface area contributed by atoms with Crippen molar-refractivity contribution in [2.45, 2.75) is 57.9 Å². The molecule has 1 unspecified atom stereocenters. The highest BCUT2D eigenvalue weighted by Gasteiger charge is 2.39. The van der Waals surface area contributed by atoms with Crippen molar-refractivity contribution >= 4 is 5.91 Å². The van der Waals surface area contributed by atoms with Gasteiger partial charge in [-0.05, 0) is 64.7 Å². The molecule has 1 atom stereocenters. The van der Waals surface area contributed by atoms with E-state index in [9.17, 15) is 4.79 Å². The third kappa shape index (κ3) is 3.90. The molecule has 0 aliphatic carbocycles. The second-order valence-corrected chi connectivity index (χ2v) is 8.92. The van der Waals surface area contributed by atoms with Gasteiger partial charge in [-0.15, -0.1) is 10.2 Å². The fourth-order valence-electron chi connectivity index (χ4n) is 4.96. The maximum Gasteiger partial charge on any atom is 0.228 e. The number of piperidine rings is 2. The molecule has 1 N–H and O–H groups in total. The van der Waals surface area contributed by atoms with Crippen molar-refractivity contribution in [3.05, 3.63) is 11.6 Å². The predicted octanol–water partition coefficient (Wildman–Crippen LogP) is 1.51. The zero-order chi connectivity index (χ0) is 18.9. The average molecular weight is 375 g/mol. The van der Waals surface area contributed by atoms with Crippen LogP contribution in [0.3, 0.4) is 0 Å². The summed E-state index contributed by atoms with van der Waals surface area (Å²) in [4.78, 5) is 17.8. The lowest BCUT2D eigenvalue weighted by atomic mass is 9.79. The van der Waals surface area contributed by atoms with Crippen LogP contribution in [0, 0.1) is 5.41 Å². The molecule has 7 nitrogen and oxygen atoms in total. The van der Waals surface area contributed by atoms with Gasteiger partial charge in [0.05, 0.1) is 6.54 Å². The van der Waals surface area contributed by atoms with Crippen molar-refractivity contribution in [3.8, 4) is 0 Å². The lowest BCUT2D eigenvalue weighted by Crippen LogP contribution is -2.50. The molecule has 0 aromatic carbocycles. The van der Waals surface area contributed by atoms with Gasteiger partial charge in [0.25, 0.3) is 0 Å². The molecule has 3 aliphatic heterocycles. The molecule has 1 amide bonds. The van der Waals surface area contributed by atoms with Crippen molar-refractivity contribution in [1.29, 1.82) is 0 Å². The van der Waals surface area contributed by atoms with E-state index in [2.05, 4.69) is 43.9 Å². The Hall–Kier alpha value is -1.47. The molecular weight excluding hydrogens is 340 g/mol. The van der Waals surface area contributed by atoms with Crippen LogP contribution in [0.4, 0.5) is 0 Å². The number of hydrogen-bond donors (Lipinski definition) is 1. The molecular formula is C20H34N6O. The average Bonchev–Trinajstić information content (AvgIpc) is 3.33. The van der Waals surface area contributed by atoms with Crippen molar-refractivity contribution < 1.29 is 4.79 Å². The minimum atomic E-state index is -0.200. The van der Waals surface area contributed by atoms with Crippen LogP contribution >= 0.6 is 0 Å². The summed E-state index contributed by atoms with van der Waals surface area (Å²) in [5.41, 5.74) is -0.200. The Morgan fingerprint density at radius 3 is 2.63 bits per heavy atom. The molecule has 3 fully saturated rings. The monoisotopic (exact) mass is 374 g/mol. The van der Waals surface area contributed by atoms with Crippen molar-refractivity contribution in [3.63, 3.8) is 0 Å². The molecule has 0 spiro atoms. The topological polar surface area (TPSA) is 66.3 Å². The van der Waals surface area contributed by atoms with E-state index in [1.54, 1.807) is 0 Å². The Labute approximate surface area is 162 Å². The van der Waals surface area contributed by atoms with Crippen LogP contribution in [0.25, 0.3) is 0 Å². The van der Waals surface area contributed by atoms with E-state index in [0.29, 0.717) is 11.8 Å². The summed E-state index contributed by atoms with van der Waals surface area (Å²) in [6.45, 7) is 8.95. The SMILES string of the molecule is Cn1c(CN2CCCC2)nnc1C1CCCN(C(=O)C2(C)CCNCC2)C1. The van der Waals surface area contributed by atoms with Crippen LogP contribution < -0.4 is 5.32 Å². The zero-order valence-corrected chi connectivity index (χ0v) is 16.9. The summed E-state index contributed by atoms with van der Waals surface area (Å²) >= 11 is 0. The summed E-state index contributed by atoms with van der Waals surface area (Å²) in [6, 6.07) is 0. The normalized spacial score (nSPS) is 26.4. The van der Waals surface area contributed by atoms with Crippen LogP contribution in [0.15, 0.2) is 0 Å². The van der Waals surface area contributed by atoms with Gasteiger partial charge in [-0.25, -0.2) is 0 Å². The first-order valence-electron chi connectivity index (χ1n) is 10.7. The molecule has 4 heterocycles. The molecule has 4 rings (SSSR count). The van der Waals surface area contributed by atoms with E-state index >= 15 is 0 Å². The lowest BCUT2D eigenvalue weighted by Gasteiger charge is -2.40. The lowest BCUT2D eigenvalue weighted by molar-refractivity contribution is -0.144. The third-order valence-electron chi connectivity index (χ3n) is 6.86. The molecule has 0 saturated carbocycles. The number of hydrogen-bond acceptors (Lipinski definition) is 5. The van der Waals surface area contributed by atoms with E-state index in [0.717, 1.165) is 70.1 Å². The fraction of sp³-hybridized carbons (Fsp3) is 0.850. The van der Waals surface area contributed by atoms with Gasteiger partial charge in [-0.3, -0.25) is 9.69 Å². The van der Waals surface area contributed by atoms with Crippen LogP contribution in [0.5, 0.6) is 0 Å². The van der Waals surface area contributed by atoms with Gasteiger partial charge < -0.3 is 14.8 Å². The molecule has 3 saturated heterocycles. The highest BCUT2D eigenvalue weighted by atomic mass is 16.2. The van der Waals surface area contributed by atoms with Gasteiger partial charge in [0.15, 0.2) is 0 Å². The van der Waals surface area contributed by atoms with Gasteiger partial charge >= 0.3 is 0 Å². The quantitative estimate of drug-likeness (QED) is 0.865. The standard InChI is InChI=1S/C20H34N6O/c1-20(7-9-21-10-8-20)19(27)26-13-5-6-16(14-26)18-23-22-17(24(18)2)15-25-11-3-4-12-25/h16,21H,3-15H2,1-2H3. The van der Waals surface area contributed by atoms with Gasteiger partial charge in [0, 0.05) is 31.5 Å². The first-order valence-corrected chi connectivity index (χ1v) is 10.7. The Balaban J connectivity index is 1.43. The molecule has 3 aliphatic rings. The summed E-state index contributed by atoms with van der Waals surface area (Å²) in [5.74, 6) is 2.75. The summed E-state index contributed by atoms with van der Waals surface area (Å²) in [5, 5.41) is 12.4. The van der Waals surface area contributed by atoms with Crippen molar-refractivity contribution in [1.82, 2.24) is 29.9 Å². The fourth-order valence-corrected chi connectivity index (χ4v) is 4.96. The van der Waals surface area contributed by atoms with Gasteiger partial charge in [0.1, 0.15) is 11.6 Å². The minimum absolute atomic E-state index is 0.200. The highest BCUT2D eigenvalue weighted by molar-refractivity contribution is 5.82. The third-order valence-corrected chi connectivity index (χ3v) is 6.86. The van der Waals surface area contributed by atoms with Crippen molar-refractivity contribution in [2.75, 3.05) is 39.3 Å². The number of rotatable bonds is 4. The van der Waals surface area contributed by atoms with E-state index < -0.39 is 0 Å². The van der Waals surface area contributed by atoms with Gasteiger partial charge in [-0.1, -0.05) is 6.92 Å². The summed E-state index contributed by atoms with van der Waals surface area (Å²) in [6.07, 6.45) is 6.61. The Bertz CT molecular complexity index is 659. The maximum atomic E-state index is 13.2. The smallest absolute Gasteiger partial charge is 0.228 e. The van der Waals surface area contributed by atoms with E-state index in [1.807, 2.05) is 0 Å². The van der Waals surface area contributed by atoms with E-state index in [-0.39, 0.29) is 5.41 Å². The molecule has 0 bridgehead atoms. The molecule has 1 aromatic heterocycles. The number of nitrogens with one attached hydrogen (secondary N) is 1. The van der Waals surface area contributed by atoms with Crippen LogP contribution in [0.1, 0.15) is 63.0 Å². The summed E-state index contributed by atoms with van der Waals surface area (Å²) in [7, 11) is 2.09. The number of carbonyl (C=O) groups excluding carboxylic acids is 1. The van der Waals surface area contributed by atoms with Crippen LogP contribution in [0.2, 0.25) is 0 Å².